The second-order valence-electron chi connectivity index (χ2n) is 4.68. The largest absolute Gasteiger partial charge is 0.396 e. The predicted octanol–water partition coefficient (Wildman–Crippen LogP) is 2.36. The van der Waals surface area contributed by atoms with Gasteiger partial charge in [-0.05, 0) is 43.4 Å². The zero-order valence-electron chi connectivity index (χ0n) is 9.54. The van der Waals surface area contributed by atoms with Gasteiger partial charge in [0.1, 0.15) is 0 Å². The van der Waals surface area contributed by atoms with Gasteiger partial charge in [0.25, 0.3) is 0 Å². The van der Waals surface area contributed by atoms with E-state index in [0.29, 0.717) is 0 Å². The Kier molecular flexibility index (Phi) is 3.38. The third-order valence-electron chi connectivity index (χ3n) is 3.91. The molecule has 0 bridgehead atoms. The Morgan fingerprint density at radius 2 is 2.31 bits per heavy atom. The van der Waals surface area contributed by atoms with Crippen molar-refractivity contribution in [3.05, 3.63) is 33.8 Å². The van der Waals surface area contributed by atoms with Crippen LogP contribution in [-0.2, 0) is 11.8 Å². The van der Waals surface area contributed by atoms with E-state index in [0.717, 1.165) is 19.3 Å². The minimum Gasteiger partial charge on any atom is -0.396 e. The molecule has 0 saturated heterocycles. The Labute approximate surface area is 105 Å². The van der Waals surface area contributed by atoms with Gasteiger partial charge in [-0.15, -0.1) is 0 Å². The van der Waals surface area contributed by atoms with Crippen molar-refractivity contribution in [1.29, 1.82) is 0 Å². The van der Waals surface area contributed by atoms with Crippen LogP contribution in [0.3, 0.4) is 0 Å². The van der Waals surface area contributed by atoms with E-state index < -0.39 is 0 Å². The van der Waals surface area contributed by atoms with E-state index in [2.05, 4.69) is 34.1 Å². The Bertz CT molecular complexity index is 392. The zero-order valence-corrected chi connectivity index (χ0v) is 11.1. The molecule has 2 unspecified atom stereocenters. The van der Waals surface area contributed by atoms with Gasteiger partial charge in [-0.25, -0.2) is 0 Å². The van der Waals surface area contributed by atoms with Crippen LogP contribution < -0.4 is 5.73 Å². The van der Waals surface area contributed by atoms with E-state index in [1.807, 2.05) is 6.92 Å². The van der Waals surface area contributed by atoms with Crippen molar-refractivity contribution in [3.8, 4) is 0 Å². The maximum atomic E-state index is 9.27. The topological polar surface area (TPSA) is 46.2 Å². The number of halogens is 1. The van der Waals surface area contributed by atoms with Crippen molar-refractivity contribution < 1.29 is 5.11 Å². The van der Waals surface area contributed by atoms with Gasteiger partial charge in [0, 0.05) is 22.5 Å². The highest BCUT2D eigenvalue weighted by molar-refractivity contribution is 9.10. The summed E-state index contributed by atoms with van der Waals surface area (Å²) in [6, 6.07) is 6.37. The summed E-state index contributed by atoms with van der Waals surface area (Å²) in [7, 11) is 0. The van der Waals surface area contributed by atoms with Crippen LogP contribution in [0.4, 0.5) is 0 Å². The Balaban J connectivity index is 2.50. The number of hydrogen-bond acceptors (Lipinski definition) is 2. The van der Waals surface area contributed by atoms with Crippen LogP contribution >= 0.6 is 15.9 Å². The summed E-state index contributed by atoms with van der Waals surface area (Å²) in [6.45, 7) is 2.25. The normalized spacial score (nSPS) is 25.5. The van der Waals surface area contributed by atoms with Gasteiger partial charge in [-0.2, -0.15) is 0 Å². The van der Waals surface area contributed by atoms with Crippen LogP contribution in [-0.4, -0.2) is 17.8 Å². The molecule has 0 spiro atoms. The van der Waals surface area contributed by atoms with Crippen LogP contribution in [0.15, 0.2) is 22.7 Å². The summed E-state index contributed by atoms with van der Waals surface area (Å²) < 4.78 is 1.17. The quantitative estimate of drug-likeness (QED) is 0.895. The number of hydrogen-bond donors (Lipinski definition) is 2. The number of aliphatic hydroxyl groups is 1. The van der Waals surface area contributed by atoms with Gasteiger partial charge in [0.05, 0.1) is 0 Å². The number of benzene rings is 1. The lowest BCUT2D eigenvalue weighted by Crippen LogP contribution is -2.42. The highest BCUT2D eigenvalue weighted by Crippen LogP contribution is 2.45. The van der Waals surface area contributed by atoms with Gasteiger partial charge < -0.3 is 10.8 Å². The SMILES string of the molecule is CC(N)C1(CCO)CCc2c(Br)cccc21. The fourth-order valence-electron chi connectivity index (χ4n) is 2.92. The van der Waals surface area contributed by atoms with Crippen molar-refractivity contribution in [2.24, 2.45) is 5.73 Å². The Hall–Kier alpha value is -0.380. The Morgan fingerprint density at radius 3 is 2.94 bits per heavy atom. The molecule has 16 heavy (non-hydrogen) atoms. The summed E-state index contributed by atoms with van der Waals surface area (Å²) in [5.74, 6) is 0. The molecule has 0 saturated carbocycles. The molecule has 88 valence electrons. The van der Waals surface area contributed by atoms with Crippen molar-refractivity contribution in [2.75, 3.05) is 6.61 Å². The van der Waals surface area contributed by atoms with E-state index in [1.165, 1.54) is 15.6 Å². The van der Waals surface area contributed by atoms with Gasteiger partial charge in [0.15, 0.2) is 0 Å². The summed E-state index contributed by atoms with van der Waals surface area (Å²) in [5, 5.41) is 9.27. The van der Waals surface area contributed by atoms with E-state index >= 15 is 0 Å². The highest BCUT2D eigenvalue weighted by atomic mass is 79.9. The zero-order chi connectivity index (χ0) is 11.8. The number of nitrogens with two attached hydrogens (primary N) is 1. The molecule has 3 N–H and O–H groups in total. The predicted molar refractivity (Wildman–Crippen MR) is 69.5 cm³/mol. The molecule has 0 heterocycles. The van der Waals surface area contributed by atoms with Gasteiger partial charge in [0.2, 0.25) is 0 Å². The standard InChI is InChI=1S/C13H18BrNO/c1-9(15)13(7-8-16)6-5-10-11(13)3-2-4-12(10)14/h2-4,9,16H,5-8,15H2,1H3. The molecule has 3 heteroatoms. The summed E-state index contributed by atoms with van der Waals surface area (Å²) in [4.78, 5) is 0. The molecule has 0 fully saturated rings. The molecule has 2 nitrogen and oxygen atoms in total. The lowest BCUT2D eigenvalue weighted by molar-refractivity contribution is 0.218. The van der Waals surface area contributed by atoms with Crippen LogP contribution in [0.2, 0.25) is 0 Å². The van der Waals surface area contributed by atoms with E-state index in [-0.39, 0.29) is 18.1 Å². The molecule has 2 atom stereocenters. The molecule has 0 aromatic heterocycles. The first kappa shape index (κ1) is 12.1. The van der Waals surface area contributed by atoms with Crippen LogP contribution in [0.25, 0.3) is 0 Å². The monoisotopic (exact) mass is 283 g/mol. The molecule has 2 rings (SSSR count). The first-order valence-corrected chi connectivity index (χ1v) is 6.55. The average molecular weight is 284 g/mol. The minimum atomic E-state index is -0.0339. The molecule has 0 amide bonds. The van der Waals surface area contributed by atoms with Crippen LogP contribution in [0, 0.1) is 0 Å². The lowest BCUT2D eigenvalue weighted by atomic mass is 9.74. The summed E-state index contributed by atoms with van der Waals surface area (Å²) >= 11 is 3.60. The van der Waals surface area contributed by atoms with E-state index in [1.54, 1.807) is 0 Å². The molecule has 0 aliphatic heterocycles. The number of fused-ring (bicyclic) bond motifs is 1. The molecule has 1 aromatic rings. The third kappa shape index (κ3) is 1.71. The van der Waals surface area contributed by atoms with Gasteiger partial charge in [-0.3, -0.25) is 0 Å². The fourth-order valence-corrected chi connectivity index (χ4v) is 3.49. The van der Waals surface area contributed by atoms with Crippen molar-refractivity contribution in [1.82, 2.24) is 0 Å². The van der Waals surface area contributed by atoms with Gasteiger partial charge in [-0.1, -0.05) is 28.1 Å². The molecule has 1 aliphatic carbocycles. The first-order chi connectivity index (χ1) is 7.62. The molecule has 1 aromatic carbocycles. The number of aliphatic hydroxyl groups excluding tert-OH is 1. The summed E-state index contributed by atoms with van der Waals surface area (Å²) in [6.07, 6.45) is 2.86. The van der Waals surface area contributed by atoms with Gasteiger partial charge >= 0.3 is 0 Å². The molecular weight excluding hydrogens is 266 g/mol. The first-order valence-electron chi connectivity index (χ1n) is 5.76. The summed E-state index contributed by atoms with van der Waals surface area (Å²) in [5.41, 5.74) is 8.82. The van der Waals surface area contributed by atoms with E-state index in [9.17, 15) is 5.11 Å². The molecule has 0 radical (unpaired) electrons. The smallest absolute Gasteiger partial charge is 0.0440 e. The number of rotatable bonds is 3. The van der Waals surface area contributed by atoms with Crippen molar-refractivity contribution >= 4 is 15.9 Å². The maximum absolute atomic E-state index is 9.27. The highest BCUT2D eigenvalue weighted by Gasteiger charge is 2.41. The second-order valence-corrected chi connectivity index (χ2v) is 5.54. The third-order valence-corrected chi connectivity index (χ3v) is 4.65. The maximum Gasteiger partial charge on any atom is 0.0440 e. The van der Waals surface area contributed by atoms with E-state index in [4.69, 9.17) is 5.73 Å². The van der Waals surface area contributed by atoms with Crippen LogP contribution in [0.1, 0.15) is 30.9 Å². The van der Waals surface area contributed by atoms with Crippen molar-refractivity contribution in [2.45, 2.75) is 37.6 Å². The molecule has 1 aliphatic rings. The molecular formula is C13H18BrNO. The fraction of sp³-hybridized carbons (Fsp3) is 0.538. The lowest BCUT2D eigenvalue weighted by Gasteiger charge is -2.34. The second kappa shape index (κ2) is 4.47. The average Bonchev–Trinajstić information content (AvgIpc) is 2.61. The van der Waals surface area contributed by atoms with Crippen molar-refractivity contribution in [3.63, 3.8) is 0 Å². The van der Waals surface area contributed by atoms with Crippen LogP contribution in [0.5, 0.6) is 0 Å². The minimum absolute atomic E-state index is 0.0339. The Morgan fingerprint density at radius 1 is 1.56 bits per heavy atom.